The van der Waals surface area contributed by atoms with E-state index in [0.717, 1.165) is 34.6 Å². The van der Waals surface area contributed by atoms with Gasteiger partial charge in [-0.05, 0) is 74.8 Å². The van der Waals surface area contributed by atoms with Crippen LogP contribution in [0.15, 0.2) is 48.6 Å². The topological polar surface area (TPSA) is 146 Å². The number of carbonyl (C=O) groups excluding carboxylic acids is 3. The molecular formula is C47H59F2N5O8. The van der Waals surface area contributed by atoms with Crippen LogP contribution in [0, 0.1) is 17.3 Å². The zero-order valence-electron chi connectivity index (χ0n) is 36.7. The number of nitrogens with zero attached hydrogens (tertiary/aromatic N) is 3. The summed E-state index contributed by atoms with van der Waals surface area (Å²) in [5, 5.41) is 17.3. The van der Waals surface area contributed by atoms with E-state index in [1.807, 2.05) is 49.2 Å². The first kappa shape index (κ1) is 42.6. The number of para-hydroxylation sites is 1. The zero-order valence-corrected chi connectivity index (χ0v) is 36.7. The van der Waals surface area contributed by atoms with Crippen LogP contribution >= 0.6 is 0 Å². The summed E-state index contributed by atoms with van der Waals surface area (Å²) in [5.74, 6) is -4.85. The smallest absolute Gasteiger partial charge is 0.406 e. The minimum Gasteiger partial charge on any atom is -0.496 e. The minimum absolute atomic E-state index is 0.169. The van der Waals surface area contributed by atoms with Gasteiger partial charge in [0.05, 0.1) is 33.9 Å². The molecule has 334 valence electrons. The minimum atomic E-state index is -2.93. The van der Waals surface area contributed by atoms with Gasteiger partial charge in [0.1, 0.15) is 22.9 Å². The van der Waals surface area contributed by atoms with Crippen molar-refractivity contribution in [1.29, 1.82) is 0 Å². The lowest BCUT2D eigenvalue weighted by molar-refractivity contribution is -0.217. The number of fused-ring (bicyclic) bond motifs is 6. The van der Waals surface area contributed by atoms with E-state index in [1.165, 1.54) is 21.1 Å². The molecule has 9 rings (SSSR count). The summed E-state index contributed by atoms with van der Waals surface area (Å²) in [7, 11) is 6.09. The molecule has 1 aromatic heterocycles. The summed E-state index contributed by atoms with van der Waals surface area (Å²) in [6.45, 7) is 6.71. The van der Waals surface area contributed by atoms with Gasteiger partial charge in [-0.3, -0.25) is 14.5 Å². The SMILES string of the molecule is CC[C@]12C=CCN3CC[C@@]4(c5cc([C@@]6(C(=O)OC)C[C@@H]7C[C@@H](C(C)(F)F)CN(CCc8c6[nH]c6ccccc86)C7)c(OC)cc5N(C)[C@H]4[C@@](O)(CNC(=O)OC)[C@@H]1OC(C)=O)[C@@H]32. The molecule has 1 amide bonds. The molecule has 2 aromatic carbocycles. The molecule has 15 heteroatoms. The van der Waals surface area contributed by atoms with E-state index in [-0.39, 0.29) is 37.9 Å². The number of aliphatic hydroxyl groups is 1. The fourth-order valence-corrected chi connectivity index (χ4v) is 13.7. The van der Waals surface area contributed by atoms with Crippen LogP contribution in [0.1, 0.15) is 68.8 Å². The highest BCUT2D eigenvalue weighted by molar-refractivity contribution is 5.94. The van der Waals surface area contributed by atoms with Crippen LogP contribution in [-0.2, 0) is 41.1 Å². The van der Waals surface area contributed by atoms with E-state index in [2.05, 4.69) is 38.3 Å². The first-order valence-electron chi connectivity index (χ1n) is 21.9. The van der Waals surface area contributed by atoms with Crippen molar-refractivity contribution in [3.63, 3.8) is 0 Å². The third-order valence-electron chi connectivity index (χ3n) is 15.9. The average molecular weight is 860 g/mol. The average Bonchev–Trinajstić information content (AvgIpc) is 3.92. The Morgan fingerprint density at radius 2 is 1.82 bits per heavy atom. The maximum absolute atomic E-state index is 15.4. The molecular weight excluding hydrogens is 801 g/mol. The normalized spacial score (nSPS) is 34.8. The van der Waals surface area contributed by atoms with E-state index < -0.39 is 63.9 Å². The fourth-order valence-electron chi connectivity index (χ4n) is 13.7. The molecule has 13 nitrogen and oxygen atoms in total. The van der Waals surface area contributed by atoms with Crippen LogP contribution < -0.4 is 15.0 Å². The monoisotopic (exact) mass is 859 g/mol. The van der Waals surface area contributed by atoms with E-state index in [1.54, 1.807) is 7.11 Å². The Bertz CT molecular complexity index is 2330. The van der Waals surface area contributed by atoms with Gasteiger partial charge in [0.2, 0.25) is 5.92 Å². The molecule has 5 aliphatic heterocycles. The van der Waals surface area contributed by atoms with E-state index in [4.69, 9.17) is 18.9 Å². The molecule has 3 aromatic rings. The number of rotatable bonds is 8. The Labute approximate surface area is 361 Å². The van der Waals surface area contributed by atoms with E-state index in [0.29, 0.717) is 62.4 Å². The number of halogens is 2. The number of aromatic amines is 1. The summed E-state index contributed by atoms with van der Waals surface area (Å²) < 4.78 is 54.3. The molecule has 3 N–H and O–H groups in total. The number of H-pyrrole nitrogens is 1. The summed E-state index contributed by atoms with van der Waals surface area (Å²) >= 11 is 0. The number of hydrogen-bond donors (Lipinski definition) is 3. The van der Waals surface area contributed by atoms with Gasteiger partial charge in [-0.25, -0.2) is 13.6 Å². The van der Waals surface area contributed by atoms with Crippen LogP contribution in [0.4, 0.5) is 19.3 Å². The molecule has 1 aliphatic carbocycles. The number of carbonyl (C=O) groups is 3. The molecule has 6 heterocycles. The third-order valence-corrected chi connectivity index (χ3v) is 15.9. The lowest BCUT2D eigenvalue weighted by Crippen LogP contribution is -2.81. The summed E-state index contributed by atoms with van der Waals surface area (Å²) in [6, 6.07) is 10.9. The van der Waals surface area contributed by atoms with Gasteiger partial charge >= 0.3 is 18.0 Å². The Morgan fingerprint density at radius 3 is 2.52 bits per heavy atom. The molecule has 0 radical (unpaired) electrons. The lowest BCUT2D eigenvalue weighted by Gasteiger charge is -2.64. The number of amides is 1. The van der Waals surface area contributed by atoms with Crippen LogP contribution in [0.3, 0.4) is 0 Å². The first-order valence-corrected chi connectivity index (χ1v) is 21.9. The maximum atomic E-state index is 15.4. The van der Waals surface area contributed by atoms with Gasteiger partial charge in [0.15, 0.2) is 0 Å². The summed E-state index contributed by atoms with van der Waals surface area (Å²) in [6.07, 6.45) is 4.32. The largest absolute Gasteiger partial charge is 0.496 e. The van der Waals surface area contributed by atoms with Crippen molar-refractivity contribution < 1.29 is 47.2 Å². The van der Waals surface area contributed by atoms with Crippen molar-refractivity contribution in [3.05, 3.63) is 70.9 Å². The first-order chi connectivity index (χ1) is 29.5. The summed E-state index contributed by atoms with van der Waals surface area (Å²) in [4.78, 5) is 51.5. The molecule has 2 saturated heterocycles. The number of anilines is 1. The molecule has 10 atom stereocenters. The number of aromatic nitrogens is 1. The number of esters is 2. The van der Waals surface area contributed by atoms with Crippen LogP contribution in [-0.4, -0.2) is 135 Å². The summed E-state index contributed by atoms with van der Waals surface area (Å²) in [5.41, 5.74) is -0.582. The molecule has 62 heavy (non-hydrogen) atoms. The Kier molecular flexibility index (Phi) is 10.3. The number of alkyl halides is 2. The highest BCUT2D eigenvalue weighted by atomic mass is 19.3. The predicted molar refractivity (Wildman–Crippen MR) is 228 cm³/mol. The Hall–Kier alpha value is -4.73. The van der Waals surface area contributed by atoms with Crippen molar-refractivity contribution >= 4 is 34.6 Å². The standard InChI is InChI=1S/C47H59F2N5O8/c1-8-44-15-11-17-54-19-16-45(38(44)54)32-21-33(36(59-5)22-35(32)52(4)39(45)47(58,26-50-42(57)61-7)40(44)62-27(2)55)46(41(56)60-6)23-28-20-29(43(3,48)49)25-53(24-28)18-14-31-30-12-9-10-13-34(30)51-37(31)46/h9-13,15,21-22,28-29,38-40,51,58H,8,14,16-20,23-26H2,1-7H3,(H,50,57)/t28-,29+,38-,39+,40+,44+,45+,46-,47-/m0/s1. The zero-order chi connectivity index (χ0) is 44.1. The number of nitrogens with one attached hydrogen (secondary N) is 2. The van der Waals surface area contributed by atoms with Crippen LogP contribution in [0.25, 0.3) is 10.9 Å². The number of likely N-dealkylation sites (N-methyl/N-ethyl adjacent to an activating group) is 1. The van der Waals surface area contributed by atoms with Crippen LogP contribution in [0.5, 0.6) is 5.75 Å². The second-order valence-corrected chi connectivity index (χ2v) is 18.9. The number of benzene rings is 2. The number of alkyl carbamates (subject to hydrolysis) is 1. The van der Waals surface area contributed by atoms with Gasteiger partial charge < -0.3 is 44.2 Å². The van der Waals surface area contributed by atoms with Gasteiger partial charge in [-0.2, -0.15) is 0 Å². The molecule has 1 saturated carbocycles. The molecule has 2 bridgehead atoms. The number of ether oxygens (including phenoxy) is 4. The fraction of sp³-hybridized carbons (Fsp3) is 0.596. The van der Waals surface area contributed by atoms with Crippen molar-refractivity contribution in [2.24, 2.45) is 17.3 Å². The number of hydrogen-bond acceptors (Lipinski definition) is 11. The predicted octanol–water partition coefficient (Wildman–Crippen LogP) is 5.30. The van der Waals surface area contributed by atoms with E-state index >= 15 is 13.6 Å². The van der Waals surface area contributed by atoms with E-state index in [9.17, 15) is 14.7 Å². The number of piperidine rings is 1. The van der Waals surface area contributed by atoms with Gasteiger partial charge in [-0.1, -0.05) is 37.3 Å². The molecule has 1 unspecified atom stereocenters. The number of methoxy groups -OCH3 is 3. The molecule has 6 aliphatic rings. The van der Waals surface area contributed by atoms with Crippen LogP contribution in [0.2, 0.25) is 0 Å². The van der Waals surface area contributed by atoms with Crippen molar-refractivity contribution in [1.82, 2.24) is 20.1 Å². The van der Waals surface area contributed by atoms with Gasteiger partial charge in [-0.15, -0.1) is 0 Å². The molecule has 1 spiro atoms. The lowest BCUT2D eigenvalue weighted by atomic mass is 9.47. The van der Waals surface area contributed by atoms with Crippen molar-refractivity contribution in [2.45, 2.75) is 93.4 Å². The quantitative estimate of drug-likeness (QED) is 0.154. The van der Waals surface area contributed by atoms with Crippen molar-refractivity contribution in [3.8, 4) is 5.75 Å². The Balaban J connectivity index is 1.34. The second kappa shape index (κ2) is 14.9. The highest BCUT2D eigenvalue weighted by Gasteiger charge is 2.78. The Morgan fingerprint density at radius 1 is 1.05 bits per heavy atom. The van der Waals surface area contributed by atoms with Gasteiger partial charge in [0, 0.05) is 96.9 Å². The highest BCUT2D eigenvalue weighted by Crippen LogP contribution is 2.68. The second-order valence-electron chi connectivity index (χ2n) is 18.9. The maximum Gasteiger partial charge on any atom is 0.406 e. The van der Waals surface area contributed by atoms with Gasteiger partial charge in [0.25, 0.3) is 0 Å². The third kappa shape index (κ3) is 5.89. The van der Waals surface area contributed by atoms with Crippen molar-refractivity contribution in [2.75, 3.05) is 72.5 Å². The molecule has 3 fully saturated rings.